The van der Waals surface area contributed by atoms with E-state index >= 15 is 0 Å². The molecule has 3 unspecified atom stereocenters. The van der Waals surface area contributed by atoms with Gasteiger partial charge in [0.1, 0.15) is 0 Å². The fraction of sp³-hybridized carbons (Fsp3) is 1.00. The number of alkyl halides is 3. The van der Waals surface area contributed by atoms with Crippen molar-refractivity contribution in [3.05, 3.63) is 0 Å². The number of hydrogen-bond acceptors (Lipinski definition) is 2. The lowest BCUT2D eigenvalue weighted by molar-refractivity contribution is -0.161. The molecule has 0 spiro atoms. The second kappa shape index (κ2) is 6.00. The molecule has 2 nitrogen and oxygen atoms in total. The first kappa shape index (κ1) is 15.1. The zero-order chi connectivity index (χ0) is 14.0. The lowest BCUT2D eigenvalue weighted by Gasteiger charge is -2.41. The van der Waals surface area contributed by atoms with Gasteiger partial charge in [0.05, 0.1) is 12.6 Å². The maximum atomic E-state index is 12.7. The van der Waals surface area contributed by atoms with Crippen LogP contribution in [0.4, 0.5) is 13.2 Å². The van der Waals surface area contributed by atoms with Crippen molar-refractivity contribution in [2.75, 3.05) is 6.54 Å². The van der Waals surface area contributed by atoms with E-state index in [2.05, 4.69) is 6.92 Å². The molecular weight excluding hydrogens is 255 g/mol. The van der Waals surface area contributed by atoms with Crippen LogP contribution in [-0.4, -0.2) is 40.9 Å². The number of aliphatic hydroxyl groups is 1. The van der Waals surface area contributed by atoms with Crippen LogP contribution in [0.5, 0.6) is 0 Å². The number of halogens is 3. The fourth-order valence-corrected chi connectivity index (χ4v) is 3.37. The van der Waals surface area contributed by atoms with Gasteiger partial charge < -0.3 is 5.11 Å². The fourth-order valence-electron chi connectivity index (χ4n) is 3.37. The van der Waals surface area contributed by atoms with Gasteiger partial charge in [-0.05, 0) is 38.0 Å². The van der Waals surface area contributed by atoms with Crippen molar-refractivity contribution in [1.82, 2.24) is 4.90 Å². The highest BCUT2D eigenvalue weighted by Crippen LogP contribution is 2.38. The molecule has 2 aliphatic carbocycles. The summed E-state index contributed by atoms with van der Waals surface area (Å²) in [6.45, 7) is 1.24. The van der Waals surface area contributed by atoms with E-state index in [4.69, 9.17) is 0 Å². The highest BCUT2D eigenvalue weighted by molar-refractivity contribution is 4.95. The highest BCUT2D eigenvalue weighted by Gasteiger charge is 2.44. The van der Waals surface area contributed by atoms with Crippen molar-refractivity contribution in [2.45, 2.75) is 76.2 Å². The van der Waals surface area contributed by atoms with Crippen LogP contribution < -0.4 is 0 Å². The Morgan fingerprint density at radius 1 is 1.16 bits per heavy atom. The summed E-state index contributed by atoms with van der Waals surface area (Å²) >= 11 is 0. The first-order valence-corrected chi connectivity index (χ1v) is 7.41. The monoisotopic (exact) mass is 279 g/mol. The summed E-state index contributed by atoms with van der Waals surface area (Å²) in [5, 5.41) is 10.1. The van der Waals surface area contributed by atoms with Gasteiger partial charge in [-0.25, -0.2) is 0 Å². The quantitative estimate of drug-likeness (QED) is 0.834. The number of rotatable bonds is 5. The summed E-state index contributed by atoms with van der Waals surface area (Å²) in [4.78, 5) is 1.53. The second-order valence-electron chi connectivity index (χ2n) is 6.12. The largest absolute Gasteiger partial charge is 0.401 e. The van der Waals surface area contributed by atoms with Gasteiger partial charge in [0, 0.05) is 12.1 Å². The molecule has 2 rings (SSSR count). The van der Waals surface area contributed by atoms with Gasteiger partial charge in [0.15, 0.2) is 0 Å². The topological polar surface area (TPSA) is 23.5 Å². The smallest absolute Gasteiger partial charge is 0.391 e. The summed E-state index contributed by atoms with van der Waals surface area (Å²) in [5.74, 6) is 0.480. The van der Waals surface area contributed by atoms with E-state index in [0.29, 0.717) is 12.3 Å². The molecule has 5 heteroatoms. The molecule has 112 valence electrons. The van der Waals surface area contributed by atoms with Crippen molar-refractivity contribution in [1.29, 1.82) is 0 Å². The molecule has 2 saturated carbocycles. The maximum absolute atomic E-state index is 12.7. The average molecular weight is 279 g/mol. The van der Waals surface area contributed by atoms with Crippen LogP contribution in [0.25, 0.3) is 0 Å². The van der Waals surface area contributed by atoms with Crippen LogP contribution in [-0.2, 0) is 0 Å². The van der Waals surface area contributed by atoms with E-state index in [1.165, 1.54) is 4.90 Å². The maximum Gasteiger partial charge on any atom is 0.401 e. The van der Waals surface area contributed by atoms with E-state index in [0.717, 1.165) is 38.5 Å². The van der Waals surface area contributed by atoms with Gasteiger partial charge in [-0.1, -0.05) is 19.8 Å². The van der Waals surface area contributed by atoms with Crippen LogP contribution >= 0.6 is 0 Å². The number of hydrogen-bond donors (Lipinski definition) is 1. The lowest BCUT2D eigenvalue weighted by atomic mass is 9.80. The van der Waals surface area contributed by atoms with Crippen molar-refractivity contribution < 1.29 is 18.3 Å². The Hall–Kier alpha value is -0.290. The Balaban J connectivity index is 2.01. The standard InChI is InChI=1S/C14H24F3NO/c1-2-3-10-4-7-13(19)12(8-10)18(11-5-6-11)9-14(15,16)17/h10-13,19H,2-9H2,1H3. The Morgan fingerprint density at radius 2 is 1.84 bits per heavy atom. The zero-order valence-corrected chi connectivity index (χ0v) is 11.5. The van der Waals surface area contributed by atoms with Crippen LogP contribution in [0.15, 0.2) is 0 Å². The molecule has 0 heterocycles. The van der Waals surface area contributed by atoms with Crippen molar-refractivity contribution in [3.63, 3.8) is 0 Å². The Kier molecular flexibility index (Phi) is 4.77. The van der Waals surface area contributed by atoms with Gasteiger partial charge in [-0.2, -0.15) is 13.2 Å². The number of nitrogens with zero attached hydrogens (tertiary/aromatic N) is 1. The molecule has 3 atom stereocenters. The molecule has 0 bridgehead atoms. The summed E-state index contributed by atoms with van der Waals surface area (Å²) in [6.07, 6.45) is 1.39. The molecule has 0 amide bonds. The molecule has 0 aromatic carbocycles. The SMILES string of the molecule is CCCC1CCC(O)C(N(CC(F)(F)F)C2CC2)C1. The van der Waals surface area contributed by atoms with Crippen LogP contribution in [0.2, 0.25) is 0 Å². The molecule has 19 heavy (non-hydrogen) atoms. The van der Waals surface area contributed by atoms with Gasteiger partial charge in [0.25, 0.3) is 0 Å². The normalized spacial score (nSPS) is 32.8. The first-order chi connectivity index (χ1) is 8.90. The van der Waals surface area contributed by atoms with E-state index in [9.17, 15) is 18.3 Å². The third-order valence-electron chi connectivity index (χ3n) is 4.39. The third kappa shape index (κ3) is 4.35. The molecule has 0 aromatic rings. The minimum Gasteiger partial charge on any atom is -0.391 e. The first-order valence-electron chi connectivity index (χ1n) is 7.41. The molecule has 2 aliphatic rings. The van der Waals surface area contributed by atoms with Crippen LogP contribution in [0, 0.1) is 5.92 Å². The molecule has 1 N–H and O–H groups in total. The van der Waals surface area contributed by atoms with Crippen LogP contribution in [0.1, 0.15) is 51.9 Å². The predicted octanol–water partition coefficient (Wildman–Crippen LogP) is 3.34. The van der Waals surface area contributed by atoms with Crippen LogP contribution in [0.3, 0.4) is 0 Å². The summed E-state index contributed by atoms with van der Waals surface area (Å²) in [6, 6.07) is -0.249. The summed E-state index contributed by atoms with van der Waals surface area (Å²) < 4.78 is 38.1. The van der Waals surface area contributed by atoms with E-state index in [1.54, 1.807) is 0 Å². The summed E-state index contributed by atoms with van der Waals surface area (Å²) in [7, 11) is 0. The van der Waals surface area contributed by atoms with E-state index < -0.39 is 18.8 Å². The Morgan fingerprint density at radius 3 is 2.37 bits per heavy atom. The second-order valence-corrected chi connectivity index (χ2v) is 6.12. The van der Waals surface area contributed by atoms with Crippen molar-refractivity contribution in [3.8, 4) is 0 Å². The molecule has 0 saturated heterocycles. The predicted molar refractivity (Wildman–Crippen MR) is 67.8 cm³/mol. The van der Waals surface area contributed by atoms with Gasteiger partial charge in [-0.3, -0.25) is 4.90 Å². The van der Waals surface area contributed by atoms with Crippen molar-refractivity contribution >= 4 is 0 Å². The van der Waals surface area contributed by atoms with Crippen molar-refractivity contribution in [2.24, 2.45) is 5.92 Å². The lowest BCUT2D eigenvalue weighted by Crippen LogP contribution is -2.51. The minimum absolute atomic E-state index is 0.0432. The molecule has 0 aromatic heterocycles. The van der Waals surface area contributed by atoms with Gasteiger partial charge >= 0.3 is 6.18 Å². The average Bonchev–Trinajstić information content (AvgIpc) is 3.12. The molecule has 0 radical (unpaired) electrons. The highest BCUT2D eigenvalue weighted by atomic mass is 19.4. The molecule has 2 fully saturated rings. The zero-order valence-electron chi connectivity index (χ0n) is 11.5. The van der Waals surface area contributed by atoms with Gasteiger partial charge in [0.2, 0.25) is 0 Å². The van der Waals surface area contributed by atoms with Gasteiger partial charge in [-0.15, -0.1) is 0 Å². The molecular formula is C14H24F3NO. The minimum atomic E-state index is -4.17. The Labute approximate surface area is 113 Å². The summed E-state index contributed by atoms with van der Waals surface area (Å²) in [5.41, 5.74) is 0. The number of aliphatic hydroxyl groups excluding tert-OH is 1. The van der Waals surface area contributed by atoms with E-state index in [1.807, 2.05) is 0 Å². The third-order valence-corrected chi connectivity index (χ3v) is 4.39. The Bertz CT molecular complexity index is 291. The molecule has 0 aliphatic heterocycles. The van der Waals surface area contributed by atoms with E-state index in [-0.39, 0.29) is 12.1 Å².